The SMILES string of the molecule is C=C(C)C(NN)c1cc(CC)nn1CC. The van der Waals surface area contributed by atoms with E-state index < -0.39 is 0 Å². The first-order valence-electron chi connectivity index (χ1n) is 5.32. The maximum Gasteiger partial charge on any atom is 0.0833 e. The van der Waals surface area contributed by atoms with Crippen LogP contribution in [0.2, 0.25) is 0 Å². The fourth-order valence-corrected chi connectivity index (χ4v) is 1.63. The van der Waals surface area contributed by atoms with Gasteiger partial charge in [0.15, 0.2) is 0 Å². The summed E-state index contributed by atoms with van der Waals surface area (Å²) in [5.41, 5.74) is 5.94. The number of aryl methyl sites for hydroxylation is 2. The molecule has 0 fully saturated rings. The van der Waals surface area contributed by atoms with Crippen molar-refractivity contribution in [3.05, 3.63) is 29.6 Å². The van der Waals surface area contributed by atoms with Gasteiger partial charge in [-0.05, 0) is 26.3 Å². The topological polar surface area (TPSA) is 55.9 Å². The average molecular weight is 208 g/mol. The van der Waals surface area contributed by atoms with Gasteiger partial charge in [0.2, 0.25) is 0 Å². The van der Waals surface area contributed by atoms with Crippen molar-refractivity contribution in [2.24, 2.45) is 5.84 Å². The van der Waals surface area contributed by atoms with E-state index in [-0.39, 0.29) is 6.04 Å². The van der Waals surface area contributed by atoms with Gasteiger partial charge in [0, 0.05) is 6.54 Å². The molecule has 0 bridgehead atoms. The Hall–Kier alpha value is -1.13. The zero-order valence-corrected chi connectivity index (χ0v) is 9.75. The molecule has 0 saturated heterocycles. The van der Waals surface area contributed by atoms with Crippen LogP contribution in [0.4, 0.5) is 0 Å². The Labute approximate surface area is 91.1 Å². The van der Waals surface area contributed by atoms with Gasteiger partial charge in [-0.3, -0.25) is 10.5 Å². The van der Waals surface area contributed by atoms with Crippen LogP contribution in [-0.2, 0) is 13.0 Å². The summed E-state index contributed by atoms with van der Waals surface area (Å²) in [7, 11) is 0. The Morgan fingerprint density at radius 3 is 2.73 bits per heavy atom. The molecule has 1 atom stereocenters. The summed E-state index contributed by atoms with van der Waals surface area (Å²) in [4.78, 5) is 0. The first-order valence-corrected chi connectivity index (χ1v) is 5.32. The van der Waals surface area contributed by atoms with E-state index in [2.05, 4.69) is 37.0 Å². The molecule has 15 heavy (non-hydrogen) atoms. The second-order valence-electron chi connectivity index (χ2n) is 3.68. The Kier molecular flexibility index (Phi) is 4.05. The van der Waals surface area contributed by atoms with Crippen molar-refractivity contribution in [1.82, 2.24) is 15.2 Å². The van der Waals surface area contributed by atoms with Crippen LogP contribution < -0.4 is 11.3 Å². The zero-order valence-electron chi connectivity index (χ0n) is 9.75. The number of aromatic nitrogens is 2. The lowest BCUT2D eigenvalue weighted by atomic mass is 10.1. The van der Waals surface area contributed by atoms with Crippen molar-refractivity contribution in [3.8, 4) is 0 Å². The van der Waals surface area contributed by atoms with Crippen molar-refractivity contribution in [1.29, 1.82) is 0 Å². The molecule has 1 heterocycles. The largest absolute Gasteiger partial charge is 0.271 e. The first-order chi connectivity index (χ1) is 7.13. The van der Waals surface area contributed by atoms with E-state index in [1.165, 1.54) is 0 Å². The van der Waals surface area contributed by atoms with Crippen LogP contribution in [0.3, 0.4) is 0 Å². The maximum absolute atomic E-state index is 5.53. The number of hydrogen-bond donors (Lipinski definition) is 2. The molecule has 4 heteroatoms. The molecule has 0 radical (unpaired) electrons. The molecule has 4 nitrogen and oxygen atoms in total. The highest BCUT2D eigenvalue weighted by atomic mass is 15.3. The summed E-state index contributed by atoms with van der Waals surface area (Å²) in [6.45, 7) is 10.9. The summed E-state index contributed by atoms with van der Waals surface area (Å²) in [6, 6.07) is 2.07. The summed E-state index contributed by atoms with van der Waals surface area (Å²) in [5, 5.41) is 4.48. The van der Waals surface area contributed by atoms with Crippen molar-refractivity contribution in [2.75, 3.05) is 0 Å². The molecular formula is C11H20N4. The highest BCUT2D eigenvalue weighted by Crippen LogP contribution is 2.20. The lowest BCUT2D eigenvalue weighted by Gasteiger charge is -2.16. The fourth-order valence-electron chi connectivity index (χ4n) is 1.63. The Morgan fingerprint density at radius 2 is 2.33 bits per heavy atom. The van der Waals surface area contributed by atoms with Gasteiger partial charge in [-0.15, -0.1) is 0 Å². The molecule has 1 aromatic rings. The highest BCUT2D eigenvalue weighted by molar-refractivity contribution is 5.22. The quantitative estimate of drug-likeness (QED) is 0.438. The lowest BCUT2D eigenvalue weighted by Crippen LogP contribution is -2.30. The molecule has 84 valence electrons. The molecule has 1 rings (SSSR count). The van der Waals surface area contributed by atoms with Crippen LogP contribution in [0.15, 0.2) is 18.2 Å². The molecule has 1 aromatic heterocycles. The highest BCUT2D eigenvalue weighted by Gasteiger charge is 2.16. The van der Waals surface area contributed by atoms with E-state index in [1.807, 2.05) is 11.6 Å². The van der Waals surface area contributed by atoms with Crippen LogP contribution >= 0.6 is 0 Å². The smallest absolute Gasteiger partial charge is 0.0833 e. The van der Waals surface area contributed by atoms with Gasteiger partial charge < -0.3 is 0 Å². The summed E-state index contributed by atoms with van der Waals surface area (Å²) in [5.74, 6) is 5.53. The van der Waals surface area contributed by atoms with E-state index in [9.17, 15) is 0 Å². The van der Waals surface area contributed by atoms with E-state index in [4.69, 9.17) is 5.84 Å². The molecular weight excluding hydrogens is 188 g/mol. The van der Waals surface area contributed by atoms with E-state index in [0.29, 0.717) is 0 Å². The molecule has 3 N–H and O–H groups in total. The predicted molar refractivity (Wildman–Crippen MR) is 62.2 cm³/mol. The van der Waals surface area contributed by atoms with Gasteiger partial charge in [-0.1, -0.05) is 19.1 Å². The third-order valence-corrected chi connectivity index (χ3v) is 2.48. The lowest BCUT2D eigenvalue weighted by molar-refractivity contribution is 0.536. The Balaban J connectivity index is 3.09. The summed E-state index contributed by atoms with van der Waals surface area (Å²) >= 11 is 0. The average Bonchev–Trinajstić information content (AvgIpc) is 2.61. The van der Waals surface area contributed by atoms with Gasteiger partial charge in [-0.2, -0.15) is 5.10 Å². The third kappa shape index (κ3) is 2.46. The predicted octanol–water partition coefficient (Wildman–Crippen LogP) is 1.55. The monoisotopic (exact) mass is 208 g/mol. The fraction of sp³-hybridized carbons (Fsp3) is 0.545. The minimum absolute atomic E-state index is 0.0160. The van der Waals surface area contributed by atoms with Crippen LogP contribution in [0.25, 0.3) is 0 Å². The molecule has 0 spiro atoms. The van der Waals surface area contributed by atoms with Crippen LogP contribution in [0.5, 0.6) is 0 Å². The summed E-state index contributed by atoms with van der Waals surface area (Å²) < 4.78 is 1.97. The third-order valence-electron chi connectivity index (χ3n) is 2.48. The number of nitrogens with zero attached hydrogens (tertiary/aromatic N) is 2. The number of nitrogens with one attached hydrogen (secondary N) is 1. The molecule has 1 unspecified atom stereocenters. The van der Waals surface area contributed by atoms with Crippen LogP contribution in [-0.4, -0.2) is 9.78 Å². The number of hydrogen-bond acceptors (Lipinski definition) is 3. The van der Waals surface area contributed by atoms with Crippen LogP contribution in [0, 0.1) is 0 Å². The van der Waals surface area contributed by atoms with Crippen molar-refractivity contribution < 1.29 is 0 Å². The van der Waals surface area contributed by atoms with Gasteiger partial charge in [0.1, 0.15) is 0 Å². The number of rotatable bonds is 5. The molecule has 0 saturated carbocycles. The second kappa shape index (κ2) is 5.09. The van der Waals surface area contributed by atoms with E-state index in [1.54, 1.807) is 0 Å². The molecule has 0 aliphatic rings. The number of hydrazine groups is 1. The van der Waals surface area contributed by atoms with Crippen molar-refractivity contribution in [3.63, 3.8) is 0 Å². The molecule has 0 aromatic carbocycles. The van der Waals surface area contributed by atoms with Crippen molar-refractivity contribution in [2.45, 2.75) is 39.8 Å². The molecule has 0 aliphatic heterocycles. The van der Waals surface area contributed by atoms with Crippen LogP contribution in [0.1, 0.15) is 38.2 Å². The second-order valence-corrected chi connectivity index (χ2v) is 3.68. The number of nitrogens with two attached hydrogens (primary N) is 1. The Bertz CT molecular complexity index is 340. The summed E-state index contributed by atoms with van der Waals surface area (Å²) in [6.07, 6.45) is 0.938. The minimum atomic E-state index is -0.0160. The minimum Gasteiger partial charge on any atom is -0.271 e. The van der Waals surface area contributed by atoms with Gasteiger partial charge in [0.25, 0.3) is 0 Å². The molecule has 0 amide bonds. The maximum atomic E-state index is 5.53. The van der Waals surface area contributed by atoms with Gasteiger partial charge >= 0.3 is 0 Å². The van der Waals surface area contributed by atoms with E-state index >= 15 is 0 Å². The molecule has 0 aliphatic carbocycles. The van der Waals surface area contributed by atoms with Gasteiger partial charge in [-0.25, -0.2) is 5.43 Å². The van der Waals surface area contributed by atoms with E-state index in [0.717, 1.165) is 29.9 Å². The van der Waals surface area contributed by atoms with Gasteiger partial charge in [0.05, 0.1) is 17.4 Å². The normalized spacial score (nSPS) is 12.8. The first kappa shape index (κ1) is 11.9. The standard InChI is InChI=1S/C11H20N4/c1-5-9-7-10(15(6-2)14-9)11(13-12)8(3)4/h7,11,13H,3,5-6,12H2,1-2,4H3. The Morgan fingerprint density at radius 1 is 1.67 bits per heavy atom. The van der Waals surface area contributed by atoms with Crippen molar-refractivity contribution >= 4 is 0 Å². The zero-order chi connectivity index (χ0) is 11.4.